The van der Waals surface area contributed by atoms with E-state index in [-0.39, 0.29) is 36.8 Å². The lowest BCUT2D eigenvalue weighted by Crippen LogP contribution is -2.45. The highest BCUT2D eigenvalue weighted by Gasteiger charge is 2.40. The molecule has 1 N–H and O–H groups in total. The van der Waals surface area contributed by atoms with Crippen molar-refractivity contribution >= 4 is 35.0 Å². The summed E-state index contributed by atoms with van der Waals surface area (Å²) in [6.07, 6.45) is 0. The summed E-state index contributed by atoms with van der Waals surface area (Å²) in [6.45, 7) is 1.86. The maximum Gasteiger partial charge on any atom is 0.265 e. The number of hydrogen-bond acceptors (Lipinski definition) is 7. The monoisotopic (exact) mass is 515 g/mol. The van der Waals surface area contributed by atoms with E-state index in [2.05, 4.69) is 5.32 Å². The van der Waals surface area contributed by atoms with Crippen molar-refractivity contribution in [2.75, 3.05) is 37.1 Å². The van der Waals surface area contributed by atoms with Crippen LogP contribution in [0.1, 0.15) is 27.6 Å². The molecule has 5 rings (SSSR count). The van der Waals surface area contributed by atoms with E-state index in [0.717, 1.165) is 4.90 Å². The van der Waals surface area contributed by atoms with E-state index in [4.69, 9.17) is 14.2 Å². The maximum absolute atomic E-state index is 13.0. The van der Waals surface area contributed by atoms with Crippen molar-refractivity contribution in [1.82, 2.24) is 4.90 Å². The second-order valence-corrected chi connectivity index (χ2v) is 8.73. The first kappa shape index (κ1) is 24.8. The summed E-state index contributed by atoms with van der Waals surface area (Å²) >= 11 is 0. The van der Waals surface area contributed by atoms with Crippen molar-refractivity contribution in [1.29, 1.82) is 0 Å². The van der Waals surface area contributed by atoms with Gasteiger partial charge in [-0.2, -0.15) is 0 Å². The molecule has 10 heteroatoms. The zero-order valence-electron chi connectivity index (χ0n) is 20.8. The molecule has 4 amide bonds. The minimum absolute atomic E-state index is 0.113. The first-order valence-corrected chi connectivity index (χ1v) is 12.0. The van der Waals surface area contributed by atoms with Crippen molar-refractivity contribution in [3.05, 3.63) is 77.9 Å². The largest absolute Gasteiger partial charge is 0.497 e. The van der Waals surface area contributed by atoms with Gasteiger partial charge in [-0.1, -0.05) is 12.1 Å². The number of benzene rings is 3. The molecule has 3 aromatic carbocycles. The number of hydrogen-bond donors (Lipinski definition) is 1. The molecule has 0 spiro atoms. The number of carbonyl (C=O) groups excluding carboxylic acids is 4. The molecule has 10 nitrogen and oxygen atoms in total. The third-order valence-electron chi connectivity index (χ3n) is 6.40. The minimum atomic E-state index is -1.05. The van der Waals surface area contributed by atoms with Gasteiger partial charge in [0.25, 0.3) is 17.7 Å². The molecule has 3 aromatic rings. The average Bonchev–Trinajstić information content (AvgIpc) is 3.19. The molecule has 2 aliphatic heterocycles. The molecule has 1 unspecified atom stereocenters. The van der Waals surface area contributed by atoms with E-state index in [1.165, 1.54) is 11.8 Å². The Kier molecular flexibility index (Phi) is 6.69. The van der Waals surface area contributed by atoms with E-state index in [0.29, 0.717) is 28.6 Å². The van der Waals surface area contributed by atoms with Crippen LogP contribution in [-0.4, -0.2) is 61.4 Å². The number of nitrogens with zero attached hydrogens (tertiary/aromatic N) is 2. The van der Waals surface area contributed by atoms with Crippen molar-refractivity contribution in [3.8, 4) is 17.2 Å². The maximum atomic E-state index is 13.0. The van der Waals surface area contributed by atoms with E-state index in [1.807, 2.05) is 0 Å². The van der Waals surface area contributed by atoms with Crippen LogP contribution >= 0.6 is 0 Å². The molecule has 0 saturated carbocycles. The number of rotatable bonds is 8. The molecule has 0 aromatic heterocycles. The molecule has 2 aliphatic rings. The summed E-state index contributed by atoms with van der Waals surface area (Å²) in [5.41, 5.74) is 1.41. The number of amides is 4. The van der Waals surface area contributed by atoms with Gasteiger partial charge in [-0.05, 0) is 61.5 Å². The van der Waals surface area contributed by atoms with Crippen LogP contribution in [0.15, 0.2) is 66.7 Å². The van der Waals surface area contributed by atoms with Gasteiger partial charge in [0.1, 0.15) is 29.9 Å². The fraction of sp³-hybridized carbons (Fsp3) is 0.214. The molecule has 0 bridgehead atoms. The van der Waals surface area contributed by atoms with E-state index < -0.39 is 23.8 Å². The van der Waals surface area contributed by atoms with Crippen molar-refractivity contribution in [2.24, 2.45) is 0 Å². The lowest BCUT2D eigenvalue weighted by atomic mass is 10.1. The Balaban J connectivity index is 1.27. The SMILES string of the molecule is COc1ccc(OCCN2C(=O)COc3ccc(NC(=O)C(C)N4C(=O)c5ccccc5C4=O)cc32)cc1. The molecule has 1 atom stereocenters. The number of methoxy groups -OCH3 is 1. The number of carbonyl (C=O) groups is 4. The summed E-state index contributed by atoms with van der Waals surface area (Å²) in [7, 11) is 1.58. The molecule has 2 heterocycles. The first-order chi connectivity index (χ1) is 18.4. The highest BCUT2D eigenvalue weighted by Crippen LogP contribution is 2.35. The van der Waals surface area contributed by atoms with Crippen LogP contribution in [0.5, 0.6) is 17.2 Å². The first-order valence-electron chi connectivity index (χ1n) is 12.0. The fourth-order valence-corrected chi connectivity index (χ4v) is 4.38. The lowest BCUT2D eigenvalue weighted by molar-refractivity contribution is -0.121. The van der Waals surface area contributed by atoms with Gasteiger partial charge in [0, 0.05) is 5.69 Å². The number of imide groups is 1. The molecule has 0 aliphatic carbocycles. The van der Waals surface area contributed by atoms with Crippen LogP contribution in [0, 0.1) is 0 Å². The quantitative estimate of drug-likeness (QED) is 0.459. The molecule has 0 radical (unpaired) electrons. The van der Waals surface area contributed by atoms with Crippen molar-refractivity contribution in [3.63, 3.8) is 0 Å². The zero-order chi connectivity index (χ0) is 26.8. The lowest BCUT2D eigenvalue weighted by Gasteiger charge is -2.30. The number of fused-ring (bicyclic) bond motifs is 2. The Bertz CT molecular complexity index is 1390. The molecular formula is C28H25N3O7. The standard InChI is InChI=1S/C28H25N3O7/c1-17(31-27(34)21-5-3-4-6-22(21)28(31)35)26(33)29-18-7-12-24-23(15-18)30(25(32)16-38-24)13-14-37-20-10-8-19(36-2)9-11-20/h3-12,15,17H,13-14,16H2,1-2H3,(H,29,33). The van der Waals surface area contributed by atoms with Crippen molar-refractivity contribution in [2.45, 2.75) is 13.0 Å². The average molecular weight is 516 g/mol. The molecule has 194 valence electrons. The highest BCUT2D eigenvalue weighted by molar-refractivity contribution is 6.23. The minimum Gasteiger partial charge on any atom is -0.497 e. The Morgan fingerprint density at radius 3 is 2.29 bits per heavy atom. The van der Waals surface area contributed by atoms with Gasteiger partial charge in [0.05, 0.1) is 30.5 Å². The Hall–Kier alpha value is -4.86. The summed E-state index contributed by atoms with van der Waals surface area (Å²) in [5, 5.41) is 2.74. The molecule has 0 fully saturated rings. The van der Waals surface area contributed by atoms with Gasteiger partial charge in [-0.25, -0.2) is 0 Å². The zero-order valence-corrected chi connectivity index (χ0v) is 20.8. The van der Waals surface area contributed by atoms with Gasteiger partial charge >= 0.3 is 0 Å². The normalized spacial score (nSPS) is 14.9. The Morgan fingerprint density at radius 1 is 0.974 bits per heavy atom. The fourth-order valence-electron chi connectivity index (χ4n) is 4.38. The number of nitrogens with one attached hydrogen (secondary N) is 1. The number of anilines is 2. The molecular weight excluding hydrogens is 490 g/mol. The Morgan fingerprint density at radius 2 is 1.63 bits per heavy atom. The topological polar surface area (TPSA) is 114 Å². The Labute approximate surface area is 218 Å². The van der Waals surface area contributed by atoms with Crippen molar-refractivity contribution < 1.29 is 33.4 Å². The van der Waals surface area contributed by atoms with E-state index in [9.17, 15) is 19.2 Å². The van der Waals surface area contributed by atoms with Gasteiger partial charge in [0.15, 0.2) is 6.61 Å². The predicted molar refractivity (Wildman–Crippen MR) is 138 cm³/mol. The summed E-state index contributed by atoms with van der Waals surface area (Å²) in [5.74, 6) is 0.00825. The third-order valence-corrected chi connectivity index (χ3v) is 6.40. The van der Waals surface area contributed by atoms with Gasteiger partial charge in [-0.3, -0.25) is 24.1 Å². The second kappa shape index (κ2) is 10.3. The van der Waals surface area contributed by atoms with Gasteiger partial charge in [-0.15, -0.1) is 0 Å². The van der Waals surface area contributed by atoms with Crippen LogP contribution in [0.4, 0.5) is 11.4 Å². The van der Waals surface area contributed by atoms with E-state index >= 15 is 0 Å². The van der Waals surface area contributed by atoms with Crippen LogP contribution < -0.4 is 24.4 Å². The van der Waals surface area contributed by atoms with Crippen LogP contribution in [0.25, 0.3) is 0 Å². The highest BCUT2D eigenvalue weighted by atomic mass is 16.5. The molecule has 0 saturated heterocycles. The predicted octanol–water partition coefficient (Wildman–Crippen LogP) is 3.12. The third kappa shape index (κ3) is 4.63. The van der Waals surface area contributed by atoms with Crippen LogP contribution in [0.3, 0.4) is 0 Å². The summed E-state index contributed by atoms with van der Waals surface area (Å²) in [4.78, 5) is 53.7. The second-order valence-electron chi connectivity index (χ2n) is 8.73. The smallest absolute Gasteiger partial charge is 0.265 e. The van der Waals surface area contributed by atoms with E-state index in [1.54, 1.807) is 73.8 Å². The van der Waals surface area contributed by atoms with Crippen LogP contribution in [-0.2, 0) is 9.59 Å². The number of ether oxygens (including phenoxy) is 3. The summed E-state index contributed by atoms with van der Waals surface area (Å²) in [6, 6.07) is 17.4. The van der Waals surface area contributed by atoms with Gasteiger partial charge < -0.3 is 24.4 Å². The van der Waals surface area contributed by atoms with Crippen LogP contribution in [0.2, 0.25) is 0 Å². The molecule has 38 heavy (non-hydrogen) atoms. The summed E-state index contributed by atoms with van der Waals surface area (Å²) < 4.78 is 16.5. The van der Waals surface area contributed by atoms with Gasteiger partial charge in [0.2, 0.25) is 5.91 Å².